The van der Waals surface area contributed by atoms with Crippen LogP contribution in [0, 0.1) is 0 Å². The molecule has 2 aromatic rings. The molecule has 0 aliphatic carbocycles. The van der Waals surface area contributed by atoms with Crippen molar-refractivity contribution in [1.82, 2.24) is 15.3 Å². The van der Waals surface area contributed by atoms with E-state index < -0.39 is 0 Å². The molecule has 1 aromatic carbocycles. The lowest BCUT2D eigenvalue weighted by molar-refractivity contribution is 0.700. The summed E-state index contributed by atoms with van der Waals surface area (Å²) in [6.45, 7) is 3.50. The molecule has 0 saturated heterocycles. The van der Waals surface area contributed by atoms with E-state index >= 15 is 0 Å². The zero-order valence-corrected chi connectivity index (χ0v) is 12.3. The molecule has 5 heteroatoms. The first kappa shape index (κ1) is 14.0. The molecule has 4 nitrogen and oxygen atoms in total. The van der Waals surface area contributed by atoms with Gasteiger partial charge < -0.3 is 10.3 Å². The fourth-order valence-electron chi connectivity index (χ4n) is 1.79. The predicted molar refractivity (Wildman–Crippen MR) is 79.2 cm³/mol. The molecule has 0 spiro atoms. The Morgan fingerprint density at radius 1 is 1.32 bits per heavy atom. The molecule has 0 bridgehead atoms. The highest BCUT2D eigenvalue weighted by molar-refractivity contribution is 9.10. The van der Waals surface area contributed by atoms with Crippen LogP contribution in [0.4, 0.5) is 0 Å². The molecule has 0 radical (unpaired) electrons. The van der Waals surface area contributed by atoms with E-state index in [0.717, 1.165) is 22.3 Å². The number of benzene rings is 1. The number of H-pyrrole nitrogens is 1. The van der Waals surface area contributed by atoms with Gasteiger partial charge in [-0.25, -0.2) is 4.98 Å². The summed E-state index contributed by atoms with van der Waals surface area (Å²) in [6, 6.07) is 9.53. The van der Waals surface area contributed by atoms with Gasteiger partial charge in [0, 0.05) is 23.5 Å². The molecule has 0 saturated carbocycles. The predicted octanol–water partition coefficient (Wildman–Crippen LogP) is 2.23. The molecule has 0 aliphatic heterocycles. The minimum atomic E-state index is -0.102. The second-order valence-electron chi connectivity index (χ2n) is 4.27. The van der Waals surface area contributed by atoms with E-state index in [1.165, 1.54) is 6.07 Å². The largest absolute Gasteiger partial charge is 0.311 e. The second-order valence-corrected chi connectivity index (χ2v) is 5.18. The number of nitrogens with one attached hydrogen (secondary N) is 2. The number of halogens is 1. The summed E-state index contributed by atoms with van der Waals surface area (Å²) in [5.41, 5.74) is 1.79. The van der Waals surface area contributed by atoms with Crippen molar-refractivity contribution >= 4 is 15.9 Å². The summed E-state index contributed by atoms with van der Waals surface area (Å²) in [5.74, 6) is 0.697. The number of rotatable bonds is 5. The molecule has 0 amide bonds. The van der Waals surface area contributed by atoms with Gasteiger partial charge in [-0.2, -0.15) is 0 Å². The van der Waals surface area contributed by atoms with E-state index in [-0.39, 0.29) is 5.56 Å². The highest BCUT2D eigenvalue weighted by atomic mass is 79.9. The summed E-state index contributed by atoms with van der Waals surface area (Å²) in [6.07, 6.45) is 0.627. The molecule has 0 atom stereocenters. The van der Waals surface area contributed by atoms with Crippen LogP contribution in [0.25, 0.3) is 0 Å². The SMILES string of the molecule is CCNCc1cc(=O)[nH]c(Cc2ccc(Br)cc2)n1. The summed E-state index contributed by atoms with van der Waals surface area (Å²) in [5, 5.41) is 3.17. The highest BCUT2D eigenvalue weighted by Gasteiger charge is 2.03. The highest BCUT2D eigenvalue weighted by Crippen LogP contribution is 2.12. The summed E-state index contributed by atoms with van der Waals surface area (Å²) in [7, 11) is 0. The van der Waals surface area contributed by atoms with Crippen LogP contribution in [0.5, 0.6) is 0 Å². The zero-order chi connectivity index (χ0) is 13.7. The third-order valence-electron chi connectivity index (χ3n) is 2.68. The minimum absolute atomic E-state index is 0.102. The Balaban J connectivity index is 2.17. The monoisotopic (exact) mass is 321 g/mol. The van der Waals surface area contributed by atoms with Gasteiger partial charge >= 0.3 is 0 Å². The quantitative estimate of drug-likeness (QED) is 0.887. The maximum atomic E-state index is 11.6. The summed E-state index contributed by atoms with van der Waals surface area (Å²) >= 11 is 3.40. The van der Waals surface area contributed by atoms with Crippen LogP contribution >= 0.6 is 15.9 Å². The van der Waals surface area contributed by atoms with Crippen molar-refractivity contribution in [3.8, 4) is 0 Å². The number of hydrogen-bond donors (Lipinski definition) is 2. The van der Waals surface area contributed by atoms with Crippen LogP contribution in [0.3, 0.4) is 0 Å². The van der Waals surface area contributed by atoms with Gasteiger partial charge in [0.25, 0.3) is 5.56 Å². The van der Waals surface area contributed by atoms with Crippen molar-refractivity contribution in [2.45, 2.75) is 19.9 Å². The van der Waals surface area contributed by atoms with Gasteiger partial charge in [-0.1, -0.05) is 35.0 Å². The summed E-state index contributed by atoms with van der Waals surface area (Å²) < 4.78 is 1.04. The lowest BCUT2D eigenvalue weighted by atomic mass is 10.1. The Hall–Kier alpha value is -1.46. The Labute approximate surface area is 120 Å². The molecule has 2 N–H and O–H groups in total. The number of nitrogens with zero attached hydrogens (tertiary/aromatic N) is 1. The molecule has 1 aromatic heterocycles. The first-order chi connectivity index (χ1) is 9.17. The molecule has 0 unspecified atom stereocenters. The van der Waals surface area contributed by atoms with Crippen LogP contribution < -0.4 is 10.9 Å². The van der Waals surface area contributed by atoms with Crippen LogP contribution in [0.2, 0.25) is 0 Å². The van der Waals surface area contributed by atoms with Gasteiger partial charge in [-0.05, 0) is 24.2 Å². The molecule has 19 heavy (non-hydrogen) atoms. The van der Waals surface area contributed by atoms with Gasteiger partial charge in [0.2, 0.25) is 0 Å². The number of aromatic nitrogens is 2. The molecule has 2 rings (SSSR count). The van der Waals surface area contributed by atoms with Gasteiger partial charge in [-0.3, -0.25) is 4.79 Å². The minimum Gasteiger partial charge on any atom is -0.311 e. The van der Waals surface area contributed by atoms with E-state index in [9.17, 15) is 4.79 Å². The van der Waals surface area contributed by atoms with Crippen LogP contribution in [-0.4, -0.2) is 16.5 Å². The molecule has 0 aliphatic rings. The van der Waals surface area contributed by atoms with E-state index in [0.29, 0.717) is 18.8 Å². The van der Waals surface area contributed by atoms with Crippen molar-refractivity contribution in [3.63, 3.8) is 0 Å². The second kappa shape index (κ2) is 6.63. The van der Waals surface area contributed by atoms with Crippen molar-refractivity contribution < 1.29 is 0 Å². The number of aromatic amines is 1. The topological polar surface area (TPSA) is 57.8 Å². The van der Waals surface area contributed by atoms with E-state index in [2.05, 4.69) is 31.2 Å². The third-order valence-corrected chi connectivity index (χ3v) is 3.21. The van der Waals surface area contributed by atoms with Crippen molar-refractivity contribution in [3.05, 3.63) is 62.2 Å². The Morgan fingerprint density at radius 2 is 2.05 bits per heavy atom. The normalized spacial score (nSPS) is 10.6. The van der Waals surface area contributed by atoms with Crippen molar-refractivity contribution in [2.24, 2.45) is 0 Å². The van der Waals surface area contributed by atoms with E-state index in [4.69, 9.17) is 0 Å². The lowest BCUT2D eigenvalue weighted by Crippen LogP contribution is -2.18. The van der Waals surface area contributed by atoms with Crippen LogP contribution in [0.1, 0.15) is 24.0 Å². The van der Waals surface area contributed by atoms with Crippen LogP contribution in [0.15, 0.2) is 39.6 Å². The molecule has 0 fully saturated rings. The van der Waals surface area contributed by atoms with Gasteiger partial charge in [0.15, 0.2) is 0 Å². The Morgan fingerprint density at radius 3 is 2.74 bits per heavy atom. The van der Waals surface area contributed by atoms with Gasteiger partial charge in [0.05, 0.1) is 5.69 Å². The standard InChI is InChI=1S/C14H16BrN3O/c1-2-16-9-12-8-14(19)18-13(17-12)7-10-3-5-11(15)6-4-10/h3-6,8,16H,2,7,9H2,1H3,(H,17,18,19). The van der Waals surface area contributed by atoms with Crippen molar-refractivity contribution in [2.75, 3.05) is 6.54 Å². The smallest absolute Gasteiger partial charge is 0.251 e. The van der Waals surface area contributed by atoms with Crippen LogP contribution in [-0.2, 0) is 13.0 Å². The average molecular weight is 322 g/mol. The van der Waals surface area contributed by atoms with Crippen molar-refractivity contribution in [1.29, 1.82) is 0 Å². The maximum Gasteiger partial charge on any atom is 0.251 e. The zero-order valence-electron chi connectivity index (χ0n) is 10.7. The molecular weight excluding hydrogens is 306 g/mol. The fraction of sp³-hybridized carbons (Fsp3) is 0.286. The molecular formula is C14H16BrN3O. The maximum absolute atomic E-state index is 11.6. The average Bonchev–Trinajstić information content (AvgIpc) is 2.38. The first-order valence-electron chi connectivity index (χ1n) is 6.21. The van der Waals surface area contributed by atoms with Gasteiger partial charge in [0.1, 0.15) is 5.82 Å². The third kappa shape index (κ3) is 4.29. The number of hydrogen-bond acceptors (Lipinski definition) is 3. The molecule has 1 heterocycles. The van der Waals surface area contributed by atoms with E-state index in [1.54, 1.807) is 0 Å². The Kier molecular flexibility index (Phi) is 4.87. The first-order valence-corrected chi connectivity index (χ1v) is 7.01. The Bertz CT molecular complexity index is 592. The fourth-order valence-corrected chi connectivity index (χ4v) is 2.05. The van der Waals surface area contributed by atoms with E-state index in [1.807, 2.05) is 31.2 Å². The van der Waals surface area contributed by atoms with Gasteiger partial charge in [-0.15, -0.1) is 0 Å². The lowest BCUT2D eigenvalue weighted by Gasteiger charge is -2.05. The summed E-state index contributed by atoms with van der Waals surface area (Å²) in [4.78, 5) is 18.8. The molecule has 100 valence electrons.